The van der Waals surface area contributed by atoms with Crippen LogP contribution in [0.15, 0.2) is 59.8 Å². The van der Waals surface area contributed by atoms with Crippen molar-refractivity contribution >= 4 is 17.7 Å². The van der Waals surface area contributed by atoms with E-state index in [-0.39, 0.29) is 11.2 Å². The zero-order valence-electron chi connectivity index (χ0n) is 15.8. The summed E-state index contributed by atoms with van der Waals surface area (Å²) in [4.78, 5) is 12.0. The van der Waals surface area contributed by atoms with Gasteiger partial charge in [0.05, 0.1) is 6.61 Å². The SMILES string of the molecule is CCOC(=O)[C@H](C)Sc1nnc(Cc2ccccc2)n1-c1ccc(C)cc1. The van der Waals surface area contributed by atoms with Crippen LogP contribution in [0.5, 0.6) is 0 Å². The summed E-state index contributed by atoms with van der Waals surface area (Å²) in [5.41, 5.74) is 3.33. The molecule has 0 fully saturated rings. The summed E-state index contributed by atoms with van der Waals surface area (Å²) in [5.74, 6) is 0.592. The summed E-state index contributed by atoms with van der Waals surface area (Å²) in [5, 5.41) is 9.10. The Balaban J connectivity index is 1.95. The van der Waals surface area contributed by atoms with E-state index < -0.39 is 0 Å². The van der Waals surface area contributed by atoms with Gasteiger partial charge in [0.25, 0.3) is 0 Å². The van der Waals surface area contributed by atoms with Crippen LogP contribution >= 0.6 is 11.8 Å². The maximum Gasteiger partial charge on any atom is 0.319 e. The van der Waals surface area contributed by atoms with Crippen LogP contribution in [0.2, 0.25) is 0 Å². The van der Waals surface area contributed by atoms with Gasteiger partial charge in [0.2, 0.25) is 0 Å². The molecule has 0 amide bonds. The van der Waals surface area contributed by atoms with Gasteiger partial charge in [-0.3, -0.25) is 9.36 Å². The molecule has 27 heavy (non-hydrogen) atoms. The van der Waals surface area contributed by atoms with Gasteiger partial charge in [-0.15, -0.1) is 10.2 Å². The van der Waals surface area contributed by atoms with Crippen molar-refractivity contribution in [3.05, 3.63) is 71.5 Å². The van der Waals surface area contributed by atoms with Gasteiger partial charge in [0, 0.05) is 12.1 Å². The molecule has 6 heteroatoms. The van der Waals surface area contributed by atoms with Gasteiger partial charge in [-0.1, -0.05) is 59.8 Å². The van der Waals surface area contributed by atoms with Crippen LogP contribution in [0.4, 0.5) is 0 Å². The Morgan fingerprint density at radius 2 is 1.81 bits per heavy atom. The molecule has 0 N–H and O–H groups in total. The van der Waals surface area contributed by atoms with Gasteiger partial charge < -0.3 is 4.74 Å². The molecule has 1 heterocycles. The molecule has 0 bridgehead atoms. The molecule has 0 aliphatic carbocycles. The maximum atomic E-state index is 12.0. The third-order valence-electron chi connectivity index (χ3n) is 4.10. The van der Waals surface area contributed by atoms with E-state index in [9.17, 15) is 4.79 Å². The summed E-state index contributed by atoms with van der Waals surface area (Å²) in [6.07, 6.45) is 0.663. The number of ether oxygens (including phenoxy) is 1. The van der Waals surface area contributed by atoms with Gasteiger partial charge in [-0.05, 0) is 38.5 Å². The summed E-state index contributed by atoms with van der Waals surface area (Å²) >= 11 is 1.36. The third kappa shape index (κ3) is 4.77. The lowest BCUT2D eigenvalue weighted by Crippen LogP contribution is -2.17. The van der Waals surface area contributed by atoms with E-state index in [0.29, 0.717) is 18.2 Å². The predicted octanol–water partition coefficient (Wildman–Crippen LogP) is 4.21. The highest BCUT2D eigenvalue weighted by Crippen LogP contribution is 2.27. The van der Waals surface area contributed by atoms with Crippen LogP contribution in [0.1, 0.15) is 30.8 Å². The second-order valence-corrected chi connectivity index (χ2v) is 7.55. The first-order valence-corrected chi connectivity index (χ1v) is 9.85. The van der Waals surface area contributed by atoms with E-state index in [1.165, 1.54) is 17.3 Å². The molecular weight excluding hydrogens is 358 g/mol. The van der Waals surface area contributed by atoms with Crippen molar-refractivity contribution in [1.29, 1.82) is 0 Å². The van der Waals surface area contributed by atoms with Crippen molar-refractivity contribution in [2.75, 3.05) is 6.61 Å². The van der Waals surface area contributed by atoms with Gasteiger partial charge in [0.15, 0.2) is 5.16 Å². The fourth-order valence-electron chi connectivity index (χ4n) is 2.69. The Labute approximate surface area is 163 Å². The quantitative estimate of drug-likeness (QED) is 0.453. The molecule has 140 valence electrons. The molecule has 0 aliphatic heterocycles. The summed E-state index contributed by atoms with van der Waals surface area (Å²) in [6, 6.07) is 18.4. The van der Waals surface area contributed by atoms with Crippen molar-refractivity contribution in [1.82, 2.24) is 14.8 Å². The zero-order valence-corrected chi connectivity index (χ0v) is 16.6. The van der Waals surface area contributed by atoms with Gasteiger partial charge in [-0.2, -0.15) is 0 Å². The van der Waals surface area contributed by atoms with E-state index in [0.717, 1.165) is 17.1 Å². The minimum Gasteiger partial charge on any atom is -0.465 e. The number of hydrogen-bond donors (Lipinski definition) is 0. The number of nitrogens with zero attached hydrogens (tertiary/aromatic N) is 3. The Hall–Kier alpha value is -2.60. The van der Waals surface area contributed by atoms with Crippen molar-refractivity contribution in [2.24, 2.45) is 0 Å². The highest BCUT2D eigenvalue weighted by atomic mass is 32.2. The lowest BCUT2D eigenvalue weighted by Gasteiger charge is -2.13. The standard InChI is InChI=1S/C21H23N3O2S/c1-4-26-20(25)16(3)27-21-23-22-19(14-17-8-6-5-7-9-17)24(21)18-12-10-15(2)11-13-18/h5-13,16H,4,14H2,1-3H3/t16-/m0/s1. The lowest BCUT2D eigenvalue weighted by atomic mass is 10.1. The number of thioether (sulfide) groups is 1. The van der Waals surface area contributed by atoms with Gasteiger partial charge in [-0.25, -0.2) is 0 Å². The number of hydrogen-bond acceptors (Lipinski definition) is 5. The molecule has 0 radical (unpaired) electrons. The highest BCUT2D eigenvalue weighted by molar-refractivity contribution is 8.00. The van der Waals surface area contributed by atoms with Crippen molar-refractivity contribution < 1.29 is 9.53 Å². The van der Waals surface area contributed by atoms with Crippen LogP contribution in [0.3, 0.4) is 0 Å². The smallest absolute Gasteiger partial charge is 0.319 e. The van der Waals surface area contributed by atoms with Gasteiger partial charge in [0.1, 0.15) is 11.1 Å². The minimum absolute atomic E-state index is 0.245. The molecule has 0 spiro atoms. The van der Waals surface area contributed by atoms with Crippen LogP contribution in [-0.2, 0) is 16.0 Å². The summed E-state index contributed by atoms with van der Waals surface area (Å²) in [6.45, 7) is 6.06. The fraction of sp³-hybridized carbons (Fsp3) is 0.286. The number of benzene rings is 2. The Kier molecular flexibility index (Phi) is 6.29. The van der Waals surface area contributed by atoms with E-state index in [2.05, 4.69) is 41.4 Å². The number of rotatable bonds is 7. The zero-order chi connectivity index (χ0) is 19.2. The average molecular weight is 382 g/mol. The molecule has 1 atom stereocenters. The number of aromatic nitrogens is 3. The normalized spacial score (nSPS) is 12.0. The molecule has 3 rings (SSSR count). The highest BCUT2D eigenvalue weighted by Gasteiger charge is 2.22. The van der Waals surface area contributed by atoms with Crippen molar-refractivity contribution in [2.45, 2.75) is 37.6 Å². The van der Waals surface area contributed by atoms with Crippen LogP contribution < -0.4 is 0 Å². The number of aryl methyl sites for hydroxylation is 1. The van der Waals surface area contributed by atoms with Crippen LogP contribution in [0.25, 0.3) is 5.69 Å². The van der Waals surface area contributed by atoms with Crippen molar-refractivity contribution in [3.63, 3.8) is 0 Å². The molecule has 1 aromatic heterocycles. The van der Waals surface area contributed by atoms with E-state index in [1.807, 2.05) is 48.7 Å². The first kappa shape index (κ1) is 19.2. The maximum absolute atomic E-state index is 12.0. The van der Waals surface area contributed by atoms with Gasteiger partial charge >= 0.3 is 5.97 Å². The fourth-order valence-corrected chi connectivity index (χ4v) is 3.57. The monoisotopic (exact) mass is 381 g/mol. The largest absolute Gasteiger partial charge is 0.465 e. The topological polar surface area (TPSA) is 57.0 Å². The Morgan fingerprint density at radius 3 is 2.48 bits per heavy atom. The molecule has 5 nitrogen and oxygen atoms in total. The summed E-state index contributed by atoms with van der Waals surface area (Å²) in [7, 11) is 0. The third-order valence-corrected chi connectivity index (χ3v) is 5.12. The minimum atomic E-state index is -0.358. The number of carbonyl (C=O) groups excluding carboxylic acids is 1. The number of esters is 1. The molecular formula is C21H23N3O2S. The molecule has 2 aromatic carbocycles. The molecule has 0 saturated heterocycles. The second kappa shape index (κ2) is 8.86. The summed E-state index contributed by atoms with van der Waals surface area (Å²) < 4.78 is 7.14. The van der Waals surface area contributed by atoms with E-state index >= 15 is 0 Å². The first-order valence-electron chi connectivity index (χ1n) is 8.97. The molecule has 3 aromatic rings. The molecule has 0 saturated carbocycles. The number of carbonyl (C=O) groups is 1. The molecule has 0 aliphatic rings. The predicted molar refractivity (Wildman–Crippen MR) is 107 cm³/mol. The van der Waals surface area contributed by atoms with Crippen LogP contribution in [-0.4, -0.2) is 32.6 Å². The molecule has 0 unspecified atom stereocenters. The van der Waals surface area contributed by atoms with Crippen molar-refractivity contribution in [3.8, 4) is 5.69 Å². The Bertz CT molecular complexity index is 892. The Morgan fingerprint density at radius 1 is 1.11 bits per heavy atom. The lowest BCUT2D eigenvalue weighted by molar-refractivity contribution is -0.142. The first-order chi connectivity index (χ1) is 13.1. The average Bonchev–Trinajstić information content (AvgIpc) is 3.05. The van der Waals surface area contributed by atoms with Crippen LogP contribution in [0, 0.1) is 6.92 Å². The second-order valence-electron chi connectivity index (χ2n) is 6.24. The van der Waals surface area contributed by atoms with E-state index in [4.69, 9.17) is 4.74 Å². The van der Waals surface area contributed by atoms with E-state index in [1.54, 1.807) is 0 Å².